The fourth-order valence-electron chi connectivity index (χ4n) is 2.91. The highest BCUT2D eigenvalue weighted by Crippen LogP contribution is 2.43. The Morgan fingerprint density at radius 3 is 2.19 bits per heavy atom. The van der Waals surface area contributed by atoms with Crippen LogP contribution in [0.25, 0.3) is 21.2 Å². The lowest BCUT2D eigenvalue weighted by molar-refractivity contribution is 0.601. The van der Waals surface area contributed by atoms with E-state index in [2.05, 4.69) is 4.72 Å². The molecule has 3 aromatic carbocycles. The van der Waals surface area contributed by atoms with Gasteiger partial charge >= 0.3 is 0 Å². The molecule has 0 amide bonds. The molecular weight excluding hydrogens is 362 g/mol. The molecule has 0 aliphatic heterocycles. The maximum atomic E-state index is 12.9. The lowest BCUT2D eigenvalue weighted by Gasteiger charge is -2.09. The smallest absolute Gasteiger partial charge is 0.262 e. The summed E-state index contributed by atoms with van der Waals surface area (Å²) in [5.74, 6) is 0. The molecule has 130 valence electrons. The zero-order valence-corrected chi connectivity index (χ0v) is 15.8. The van der Waals surface area contributed by atoms with E-state index in [4.69, 9.17) is 0 Å². The Morgan fingerprint density at radius 1 is 0.808 bits per heavy atom. The SMILES string of the molecule is Cc1ccc(S(=O)(=O)Nc2sc3ccccc3c2-c2ccccc2)cc1. The van der Waals surface area contributed by atoms with Crippen LogP contribution >= 0.6 is 11.3 Å². The summed E-state index contributed by atoms with van der Waals surface area (Å²) in [6.07, 6.45) is 0. The first kappa shape index (κ1) is 16.8. The van der Waals surface area contributed by atoms with E-state index in [1.54, 1.807) is 24.3 Å². The second kappa shape index (κ2) is 6.59. The van der Waals surface area contributed by atoms with Gasteiger partial charge in [0.1, 0.15) is 5.00 Å². The third kappa shape index (κ3) is 3.11. The monoisotopic (exact) mass is 379 g/mol. The standard InChI is InChI=1S/C21H17NO2S2/c1-15-11-13-17(14-12-15)26(23,24)22-21-20(16-7-3-2-4-8-16)18-9-5-6-10-19(18)25-21/h2-14,22H,1H3. The van der Waals surface area contributed by atoms with Gasteiger partial charge in [-0.1, -0.05) is 66.2 Å². The molecule has 0 atom stereocenters. The second-order valence-corrected chi connectivity index (χ2v) is 8.82. The summed E-state index contributed by atoms with van der Waals surface area (Å²) in [6, 6.07) is 24.7. The maximum absolute atomic E-state index is 12.9. The minimum absolute atomic E-state index is 0.263. The van der Waals surface area contributed by atoms with E-state index in [0.29, 0.717) is 5.00 Å². The van der Waals surface area contributed by atoms with E-state index in [1.165, 1.54) is 11.3 Å². The molecule has 0 unspecified atom stereocenters. The topological polar surface area (TPSA) is 46.2 Å². The molecule has 0 saturated heterocycles. The zero-order chi connectivity index (χ0) is 18.1. The Labute approximate surface area is 157 Å². The lowest BCUT2D eigenvalue weighted by atomic mass is 10.0. The number of anilines is 1. The third-order valence-electron chi connectivity index (χ3n) is 4.22. The molecule has 0 bridgehead atoms. The van der Waals surface area contributed by atoms with Crippen molar-refractivity contribution in [1.82, 2.24) is 0 Å². The molecule has 0 saturated carbocycles. The van der Waals surface area contributed by atoms with Crippen LogP contribution in [0.15, 0.2) is 83.8 Å². The number of nitrogens with one attached hydrogen (secondary N) is 1. The normalized spacial score (nSPS) is 11.6. The summed E-state index contributed by atoms with van der Waals surface area (Å²) in [5, 5.41) is 1.68. The van der Waals surface area contributed by atoms with Crippen LogP contribution in [0.5, 0.6) is 0 Å². The van der Waals surface area contributed by atoms with Gasteiger partial charge in [-0.15, -0.1) is 11.3 Å². The second-order valence-electron chi connectivity index (χ2n) is 6.09. The first-order valence-corrected chi connectivity index (χ1v) is 10.5. The number of hydrogen-bond donors (Lipinski definition) is 1. The van der Waals surface area contributed by atoms with Gasteiger partial charge in [-0.25, -0.2) is 8.42 Å². The summed E-state index contributed by atoms with van der Waals surface area (Å²) >= 11 is 1.45. The van der Waals surface area contributed by atoms with Crippen LogP contribution in [0.3, 0.4) is 0 Å². The van der Waals surface area contributed by atoms with Gasteiger partial charge in [0.2, 0.25) is 0 Å². The van der Waals surface area contributed by atoms with E-state index in [-0.39, 0.29) is 4.90 Å². The highest BCUT2D eigenvalue weighted by Gasteiger charge is 2.20. The Morgan fingerprint density at radius 2 is 1.46 bits per heavy atom. The van der Waals surface area contributed by atoms with E-state index < -0.39 is 10.0 Å². The lowest BCUT2D eigenvalue weighted by Crippen LogP contribution is -2.12. The van der Waals surface area contributed by atoms with Crippen molar-refractivity contribution in [3.8, 4) is 11.1 Å². The third-order valence-corrected chi connectivity index (χ3v) is 6.80. The molecule has 0 spiro atoms. The number of sulfonamides is 1. The van der Waals surface area contributed by atoms with Crippen molar-refractivity contribution in [2.75, 3.05) is 4.72 Å². The molecule has 0 aliphatic carbocycles. The molecule has 5 heteroatoms. The van der Waals surface area contributed by atoms with Crippen molar-refractivity contribution in [2.24, 2.45) is 0 Å². The highest BCUT2D eigenvalue weighted by molar-refractivity contribution is 7.93. The summed E-state index contributed by atoms with van der Waals surface area (Å²) < 4.78 is 29.6. The molecule has 1 heterocycles. The first-order valence-electron chi connectivity index (χ1n) is 8.21. The zero-order valence-electron chi connectivity index (χ0n) is 14.1. The Kier molecular flexibility index (Phi) is 4.26. The quantitative estimate of drug-likeness (QED) is 0.496. The number of aryl methyl sites for hydroxylation is 1. The van der Waals surface area contributed by atoms with Gasteiger partial charge in [-0.2, -0.15) is 0 Å². The molecule has 3 nitrogen and oxygen atoms in total. The Bertz CT molecular complexity index is 1160. The molecule has 0 fully saturated rings. The van der Waals surface area contributed by atoms with E-state index in [9.17, 15) is 8.42 Å². The number of fused-ring (bicyclic) bond motifs is 1. The van der Waals surface area contributed by atoms with Crippen LogP contribution in [0.2, 0.25) is 0 Å². The van der Waals surface area contributed by atoms with Crippen LogP contribution in [0, 0.1) is 6.92 Å². The summed E-state index contributed by atoms with van der Waals surface area (Å²) in [4.78, 5) is 0.263. The molecular formula is C21H17NO2S2. The van der Waals surface area contributed by atoms with Gasteiger partial charge < -0.3 is 0 Å². The fraction of sp³-hybridized carbons (Fsp3) is 0.0476. The molecule has 1 aromatic heterocycles. The van der Waals surface area contributed by atoms with Gasteiger partial charge in [-0.3, -0.25) is 4.72 Å². The molecule has 1 N–H and O–H groups in total. The van der Waals surface area contributed by atoms with Gasteiger partial charge in [-0.05, 0) is 30.7 Å². The van der Waals surface area contributed by atoms with Crippen molar-refractivity contribution < 1.29 is 8.42 Å². The van der Waals surface area contributed by atoms with Crippen molar-refractivity contribution >= 4 is 36.4 Å². The van der Waals surface area contributed by atoms with Crippen LogP contribution in [-0.4, -0.2) is 8.42 Å². The number of thiophene rings is 1. The molecule has 0 aliphatic rings. The number of benzene rings is 3. The van der Waals surface area contributed by atoms with Crippen molar-refractivity contribution in [1.29, 1.82) is 0 Å². The minimum Gasteiger partial charge on any atom is -0.270 e. The highest BCUT2D eigenvalue weighted by atomic mass is 32.2. The number of hydrogen-bond acceptors (Lipinski definition) is 3. The largest absolute Gasteiger partial charge is 0.270 e. The predicted octanol–water partition coefficient (Wildman–Crippen LogP) is 5.68. The summed E-state index contributed by atoms with van der Waals surface area (Å²) in [6.45, 7) is 1.93. The molecule has 26 heavy (non-hydrogen) atoms. The van der Waals surface area contributed by atoms with Crippen LogP contribution in [-0.2, 0) is 10.0 Å². The molecule has 4 rings (SSSR count). The van der Waals surface area contributed by atoms with Crippen LogP contribution < -0.4 is 4.72 Å². The Hall–Kier alpha value is -2.63. The summed E-state index contributed by atoms with van der Waals surface area (Å²) in [5.41, 5.74) is 2.93. The van der Waals surface area contributed by atoms with E-state index >= 15 is 0 Å². The predicted molar refractivity (Wildman–Crippen MR) is 109 cm³/mol. The van der Waals surface area contributed by atoms with Crippen molar-refractivity contribution in [2.45, 2.75) is 11.8 Å². The minimum atomic E-state index is -3.65. The van der Waals surface area contributed by atoms with Gasteiger partial charge in [0, 0.05) is 15.6 Å². The Balaban J connectivity index is 1.85. The fourth-order valence-corrected chi connectivity index (χ4v) is 5.34. The number of rotatable bonds is 4. The van der Waals surface area contributed by atoms with Crippen molar-refractivity contribution in [3.63, 3.8) is 0 Å². The van der Waals surface area contributed by atoms with Gasteiger partial charge in [0.15, 0.2) is 0 Å². The average molecular weight is 380 g/mol. The van der Waals surface area contributed by atoms with Gasteiger partial charge in [0.05, 0.1) is 4.90 Å². The summed E-state index contributed by atoms with van der Waals surface area (Å²) in [7, 11) is -3.65. The first-order chi connectivity index (χ1) is 12.5. The van der Waals surface area contributed by atoms with E-state index in [1.807, 2.05) is 61.5 Å². The van der Waals surface area contributed by atoms with Gasteiger partial charge in [0.25, 0.3) is 10.0 Å². The van der Waals surface area contributed by atoms with Crippen LogP contribution in [0.4, 0.5) is 5.00 Å². The molecule has 0 radical (unpaired) electrons. The average Bonchev–Trinajstić information content (AvgIpc) is 3.00. The van der Waals surface area contributed by atoms with Crippen molar-refractivity contribution in [3.05, 3.63) is 84.4 Å². The maximum Gasteiger partial charge on any atom is 0.262 e. The molecule has 4 aromatic rings. The van der Waals surface area contributed by atoms with Crippen LogP contribution in [0.1, 0.15) is 5.56 Å². The van der Waals surface area contributed by atoms with E-state index in [0.717, 1.165) is 26.8 Å².